The van der Waals surface area contributed by atoms with Crippen molar-refractivity contribution in [2.24, 2.45) is 0 Å². The van der Waals surface area contributed by atoms with Crippen LogP contribution in [0.3, 0.4) is 0 Å². The predicted octanol–water partition coefficient (Wildman–Crippen LogP) is 2.06. The third-order valence-electron chi connectivity index (χ3n) is 1.56. The largest absolute Gasteiger partial charge is 0.382 e. The van der Waals surface area contributed by atoms with E-state index in [0.29, 0.717) is 5.82 Å². The molecule has 2 N–H and O–H groups in total. The first-order valence-corrected chi connectivity index (χ1v) is 4.01. The third kappa shape index (κ3) is 0.973. The second kappa shape index (κ2) is 2.20. The Balaban J connectivity index is 2.87. The molecule has 0 saturated carbocycles. The normalized spacial score (nSPS) is 10.6. The van der Waals surface area contributed by atoms with Gasteiger partial charge in [-0.2, -0.15) is 4.37 Å². The summed E-state index contributed by atoms with van der Waals surface area (Å²) in [5, 5.41) is 1.02. The molecule has 3 heteroatoms. The van der Waals surface area contributed by atoms with E-state index < -0.39 is 0 Å². The highest BCUT2D eigenvalue weighted by Crippen LogP contribution is 2.24. The molecule has 0 fully saturated rings. The van der Waals surface area contributed by atoms with Crippen molar-refractivity contribution in [1.82, 2.24) is 4.37 Å². The number of benzene rings is 1. The summed E-state index contributed by atoms with van der Waals surface area (Å²) in [7, 11) is 0. The van der Waals surface area contributed by atoms with E-state index in [1.165, 1.54) is 11.5 Å². The highest BCUT2D eigenvalue weighted by Gasteiger charge is 2.00. The number of hydrogen-bond donors (Lipinski definition) is 1. The molecule has 2 nitrogen and oxygen atoms in total. The first kappa shape index (κ1) is 6.61. The topological polar surface area (TPSA) is 38.9 Å². The molecule has 1 heterocycles. The van der Waals surface area contributed by atoms with Gasteiger partial charge in [0.1, 0.15) is 5.82 Å². The van der Waals surface area contributed by atoms with Crippen molar-refractivity contribution in [3.05, 3.63) is 30.7 Å². The fraction of sp³-hybridized carbons (Fsp3) is 0. The van der Waals surface area contributed by atoms with Crippen LogP contribution in [-0.2, 0) is 0 Å². The number of fused-ring (bicyclic) bond motifs is 1. The molecule has 0 saturated heterocycles. The average Bonchev–Trinajstić information content (AvgIpc) is 2.33. The van der Waals surface area contributed by atoms with Crippen LogP contribution in [0, 0.1) is 6.92 Å². The summed E-state index contributed by atoms with van der Waals surface area (Å²) in [6.45, 7) is 3.81. The second-order valence-corrected chi connectivity index (χ2v) is 3.20. The van der Waals surface area contributed by atoms with Crippen LogP contribution in [0.1, 0.15) is 5.56 Å². The Labute approximate surface area is 68.8 Å². The smallest absolute Gasteiger partial charge is 0.144 e. The molecule has 1 radical (unpaired) electrons. The number of rotatable bonds is 0. The zero-order valence-corrected chi connectivity index (χ0v) is 6.69. The summed E-state index contributed by atoms with van der Waals surface area (Å²) in [6, 6.07) is 5.90. The third-order valence-corrected chi connectivity index (χ3v) is 2.40. The van der Waals surface area contributed by atoms with Crippen LogP contribution in [-0.4, -0.2) is 4.37 Å². The van der Waals surface area contributed by atoms with E-state index in [1.54, 1.807) is 0 Å². The SMILES string of the molecule is [CH2]c1ccc2snc(N)c2c1. The predicted molar refractivity (Wildman–Crippen MR) is 48.5 cm³/mol. The molecule has 0 atom stereocenters. The lowest BCUT2D eigenvalue weighted by atomic mass is 10.2. The highest BCUT2D eigenvalue weighted by atomic mass is 32.1. The Morgan fingerprint density at radius 2 is 2.27 bits per heavy atom. The maximum atomic E-state index is 5.62. The molecule has 11 heavy (non-hydrogen) atoms. The van der Waals surface area contributed by atoms with Crippen LogP contribution in [0.25, 0.3) is 10.1 Å². The fourth-order valence-electron chi connectivity index (χ4n) is 1.00. The molecule has 2 aromatic rings. The molecule has 1 aromatic carbocycles. The Bertz CT molecular complexity index is 392. The minimum absolute atomic E-state index is 0.607. The van der Waals surface area contributed by atoms with Gasteiger partial charge in [0.15, 0.2) is 0 Å². The highest BCUT2D eigenvalue weighted by molar-refractivity contribution is 7.13. The van der Waals surface area contributed by atoms with Gasteiger partial charge in [-0.25, -0.2) is 0 Å². The van der Waals surface area contributed by atoms with Crippen LogP contribution < -0.4 is 5.73 Å². The molecule has 1 aromatic heterocycles. The summed E-state index contributed by atoms with van der Waals surface area (Å²) in [5.41, 5.74) is 6.59. The lowest BCUT2D eigenvalue weighted by Gasteiger charge is -1.91. The van der Waals surface area contributed by atoms with Crippen LogP contribution in [0.2, 0.25) is 0 Å². The fourth-order valence-corrected chi connectivity index (χ4v) is 1.69. The van der Waals surface area contributed by atoms with Crippen molar-refractivity contribution >= 4 is 27.4 Å². The lowest BCUT2D eigenvalue weighted by Crippen LogP contribution is -1.83. The molecular weight excluding hydrogens is 156 g/mol. The van der Waals surface area contributed by atoms with E-state index in [9.17, 15) is 0 Å². The summed E-state index contributed by atoms with van der Waals surface area (Å²) in [4.78, 5) is 0. The minimum Gasteiger partial charge on any atom is -0.382 e. The zero-order chi connectivity index (χ0) is 7.84. The van der Waals surface area contributed by atoms with Gasteiger partial charge in [0.25, 0.3) is 0 Å². The van der Waals surface area contributed by atoms with Gasteiger partial charge in [-0.15, -0.1) is 0 Å². The lowest BCUT2D eigenvalue weighted by molar-refractivity contribution is 1.58. The standard InChI is InChI=1S/C8H7N2S/c1-5-2-3-7-6(4-5)8(9)10-11-7/h2-4H,1H2,(H2,9,10). The summed E-state index contributed by atoms with van der Waals surface area (Å²) >= 11 is 1.42. The second-order valence-electron chi connectivity index (χ2n) is 2.40. The van der Waals surface area contributed by atoms with Crippen LogP contribution in [0.15, 0.2) is 18.2 Å². The first-order valence-electron chi connectivity index (χ1n) is 3.24. The number of nitrogens with zero attached hydrogens (tertiary/aromatic N) is 1. The molecule has 0 aliphatic heterocycles. The summed E-state index contributed by atoms with van der Waals surface area (Å²) in [6.07, 6.45) is 0. The molecule has 2 rings (SSSR count). The minimum atomic E-state index is 0.607. The van der Waals surface area contributed by atoms with E-state index in [2.05, 4.69) is 11.3 Å². The molecular formula is C8H7N2S. The molecule has 0 amide bonds. The first-order chi connectivity index (χ1) is 5.27. The van der Waals surface area contributed by atoms with E-state index >= 15 is 0 Å². The van der Waals surface area contributed by atoms with Crippen molar-refractivity contribution in [2.75, 3.05) is 5.73 Å². The quantitative estimate of drug-likeness (QED) is 0.645. The molecule has 0 bridgehead atoms. The molecule has 0 aliphatic carbocycles. The van der Waals surface area contributed by atoms with Gasteiger partial charge in [0.05, 0.1) is 4.70 Å². The number of aromatic nitrogens is 1. The van der Waals surface area contributed by atoms with Gasteiger partial charge in [-0.3, -0.25) is 0 Å². The Morgan fingerprint density at radius 3 is 3.09 bits per heavy atom. The van der Waals surface area contributed by atoms with E-state index in [1.807, 2.05) is 18.2 Å². The van der Waals surface area contributed by atoms with Crippen molar-refractivity contribution in [3.63, 3.8) is 0 Å². The number of hydrogen-bond acceptors (Lipinski definition) is 3. The van der Waals surface area contributed by atoms with Gasteiger partial charge in [-0.05, 0) is 36.2 Å². The van der Waals surface area contributed by atoms with Crippen LogP contribution in [0.4, 0.5) is 5.82 Å². The Hall–Kier alpha value is -1.09. The maximum Gasteiger partial charge on any atom is 0.144 e. The average molecular weight is 163 g/mol. The van der Waals surface area contributed by atoms with Gasteiger partial charge in [0.2, 0.25) is 0 Å². The molecule has 0 unspecified atom stereocenters. The van der Waals surface area contributed by atoms with Gasteiger partial charge in [-0.1, -0.05) is 6.07 Å². The van der Waals surface area contributed by atoms with Crippen LogP contribution in [0.5, 0.6) is 0 Å². The zero-order valence-electron chi connectivity index (χ0n) is 5.87. The molecule has 55 valence electrons. The van der Waals surface area contributed by atoms with Crippen molar-refractivity contribution in [3.8, 4) is 0 Å². The van der Waals surface area contributed by atoms with Gasteiger partial charge >= 0.3 is 0 Å². The van der Waals surface area contributed by atoms with E-state index in [-0.39, 0.29) is 0 Å². The van der Waals surface area contributed by atoms with Crippen molar-refractivity contribution in [1.29, 1.82) is 0 Å². The van der Waals surface area contributed by atoms with Crippen molar-refractivity contribution in [2.45, 2.75) is 0 Å². The molecule has 0 spiro atoms. The summed E-state index contributed by atoms with van der Waals surface area (Å²) in [5.74, 6) is 0.607. The number of nitrogens with two attached hydrogens (primary N) is 1. The summed E-state index contributed by atoms with van der Waals surface area (Å²) < 4.78 is 5.15. The van der Waals surface area contributed by atoms with Crippen molar-refractivity contribution < 1.29 is 0 Å². The Morgan fingerprint density at radius 1 is 1.45 bits per heavy atom. The van der Waals surface area contributed by atoms with Gasteiger partial charge < -0.3 is 5.73 Å². The van der Waals surface area contributed by atoms with E-state index in [0.717, 1.165) is 15.6 Å². The molecule has 0 aliphatic rings. The number of nitrogen functional groups attached to an aromatic ring is 1. The maximum absolute atomic E-state index is 5.62. The van der Waals surface area contributed by atoms with Crippen LogP contribution >= 0.6 is 11.5 Å². The Kier molecular flexibility index (Phi) is 1.32. The monoisotopic (exact) mass is 163 g/mol. The van der Waals surface area contributed by atoms with E-state index in [4.69, 9.17) is 5.73 Å². The van der Waals surface area contributed by atoms with Gasteiger partial charge in [0, 0.05) is 5.39 Å². The number of anilines is 1.